The summed E-state index contributed by atoms with van der Waals surface area (Å²) in [5.41, 5.74) is 0.396. The van der Waals surface area contributed by atoms with Gasteiger partial charge in [0, 0.05) is 41.6 Å². The number of aliphatic hydroxyl groups excluding tert-OH is 1. The van der Waals surface area contributed by atoms with Crippen molar-refractivity contribution in [2.45, 2.75) is 35.8 Å². The van der Waals surface area contributed by atoms with E-state index in [4.69, 9.17) is 19.6 Å². The van der Waals surface area contributed by atoms with Crippen molar-refractivity contribution in [3.8, 4) is 5.75 Å². The Morgan fingerprint density at radius 3 is 2.37 bits per heavy atom. The van der Waals surface area contributed by atoms with E-state index in [0.29, 0.717) is 40.8 Å². The van der Waals surface area contributed by atoms with Crippen LogP contribution in [0.15, 0.2) is 117 Å². The minimum absolute atomic E-state index is 0.0210. The fourth-order valence-electron chi connectivity index (χ4n) is 5.20. The minimum atomic E-state index is -3.79. The topological polar surface area (TPSA) is 114 Å². The van der Waals surface area contributed by atoms with Gasteiger partial charge in [0.1, 0.15) is 11.6 Å². The van der Waals surface area contributed by atoms with Crippen LogP contribution >= 0.6 is 15.9 Å². The molecule has 4 aromatic rings. The molecular formula is C35H34BrFN2O6S. The van der Waals surface area contributed by atoms with Crippen molar-refractivity contribution < 1.29 is 32.2 Å². The molecule has 5 rings (SSSR count). The molecule has 0 aromatic heterocycles. The van der Waals surface area contributed by atoms with Crippen LogP contribution in [0, 0.1) is 5.82 Å². The second kappa shape index (κ2) is 15.0. The number of aliphatic hydroxyl groups is 1. The lowest BCUT2D eigenvalue weighted by atomic mass is 9.85. The molecule has 1 aliphatic rings. The second-order valence-corrected chi connectivity index (χ2v) is 13.8. The summed E-state index contributed by atoms with van der Waals surface area (Å²) in [6, 6.07) is 28.4. The molecule has 0 spiro atoms. The first-order chi connectivity index (χ1) is 22.2. The van der Waals surface area contributed by atoms with E-state index in [1.165, 1.54) is 24.3 Å². The molecule has 8 nitrogen and oxygen atoms in total. The third-order valence-corrected chi connectivity index (χ3v) is 10.1. The van der Waals surface area contributed by atoms with E-state index in [1.54, 1.807) is 54.6 Å². The monoisotopic (exact) mass is 708 g/mol. The molecule has 240 valence electrons. The van der Waals surface area contributed by atoms with Crippen molar-refractivity contribution in [2.75, 3.05) is 25.5 Å². The first-order valence-corrected chi connectivity index (χ1v) is 17.3. The first kappa shape index (κ1) is 33.3. The number of hydrogen-bond acceptors (Lipinski definition) is 7. The van der Waals surface area contributed by atoms with Crippen molar-refractivity contribution in [1.82, 2.24) is 5.32 Å². The summed E-state index contributed by atoms with van der Waals surface area (Å²) in [4.78, 5) is 19.4. The number of halogens is 2. The first-order valence-electron chi connectivity index (χ1n) is 14.9. The van der Waals surface area contributed by atoms with Crippen molar-refractivity contribution in [3.05, 3.63) is 130 Å². The predicted octanol–water partition coefficient (Wildman–Crippen LogP) is 5.83. The van der Waals surface area contributed by atoms with E-state index >= 15 is 0 Å². The van der Waals surface area contributed by atoms with Crippen LogP contribution in [0.3, 0.4) is 0 Å². The van der Waals surface area contributed by atoms with Gasteiger partial charge in [0.15, 0.2) is 21.5 Å². The third kappa shape index (κ3) is 7.83. The maximum absolute atomic E-state index is 14.3. The number of aliphatic imine (C=N–C) groups is 1. The highest BCUT2D eigenvalue weighted by molar-refractivity contribution is 9.10. The molecule has 1 heterocycles. The Hall–Kier alpha value is -4.06. The average molecular weight is 710 g/mol. The Labute approximate surface area is 276 Å². The number of hydrogen-bond donors (Lipinski definition) is 2. The number of nitrogens with one attached hydrogen (secondary N) is 1. The van der Waals surface area contributed by atoms with Crippen LogP contribution < -0.4 is 10.1 Å². The molecule has 0 unspecified atom stereocenters. The zero-order valence-corrected chi connectivity index (χ0v) is 27.3. The van der Waals surface area contributed by atoms with Crippen LogP contribution in [-0.2, 0) is 25.8 Å². The molecule has 0 saturated carbocycles. The van der Waals surface area contributed by atoms with E-state index in [1.807, 2.05) is 24.3 Å². The average Bonchev–Trinajstić information content (AvgIpc) is 3.46. The van der Waals surface area contributed by atoms with Gasteiger partial charge in [0.25, 0.3) is 5.91 Å². The molecule has 0 saturated heterocycles. The Balaban J connectivity index is 1.52. The van der Waals surface area contributed by atoms with Gasteiger partial charge in [-0.05, 0) is 66.6 Å². The smallest absolute Gasteiger partial charge is 0.252 e. The maximum atomic E-state index is 14.3. The van der Waals surface area contributed by atoms with Gasteiger partial charge < -0.3 is 19.9 Å². The van der Waals surface area contributed by atoms with Gasteiger partial charge in [-0.1, -0.05) is 64.5 Å². The van der Waals surface area contributed by atoms with Crippen molar-refractivity contribution in [1.29, 1.82) is 0 Å². The number of carbonyl (C=O) groups is 1. The number of carbonyl (C=O) groups excluding carboxylic acids is 1. The largest absolute Gasteiger partial charge is 0.494 e. The zero-order chi connectivity index (χ0) is 32.6. The second-order valence-electron chi connectivity index (χ2n) is 10.8. The summed E-state index contributed by atoms with van der Waals surface area (Å²) in [5.74, 6) is -0.415. The van der Waals surface area contributed by atoms with Gasteiger partial charge in [-0.3, -0.25) is 4.79 Å². The summed E-state index contributed by atoms with van der Waals surface area (Å²) in [6.45, 7) is 0.590. The van der Waals surface area contributed by atoms with Crippen LogP contribution in [0.1, 0.15) is 35.6 Å². The summed E-state index contributed by atoms with van der Waals surface area (Å²) in [5, 5.41) is 12.0. The molecule has 11 heteroatoms. The van der Waals surface area contributed by atoms with Gasteiger partial charge in [-0.2, -0.15) is 0 Å². The molecule has 2 N–H and O–H groups in total. The lowest BCUT2D eigenvalue weighted by Crippen LogP contribution is -2.49. The van der Waals surface area contributed by atoms with E-state index in [0.717, 1.165) is 5.56 Å². The molecule has 0 radical (unpaired) electrons. The quantitative estimate of drug-likeness (QED) is 0.160. The van der Waals surface area contributed by atoms with E-state index < -0.39 is 27.4 Å². The Morgan fingerprint density at radius 1 is 0.978 bits per heavy atom. The van der Waals surface area contributed by atoms with Crippen LogP contribution in [0.2, 0.25) is 0 Å². The van der Waals surface area contributed by atoms with Crippen molar-refractivity contribution >= 4 is 37.6 Å². The molecular weight excluding hydrogens is 675 g/mol. The summed E-state index contributed by atoms with van der Waals surface area (Å²) in [7, 11) is -3.79. The van der Waals surface area contributed by atoms with Crippen molar-refractivity contribution in [3.63, 3.8) is 0 Å². The summed E-state index contributed by atoms with van der Waals surface area (Å²) < 4.78 is 53.3. The lowest BCUT2D eigenvalue weighted by molar-refractivity contribution is -0.129. The minimum Gasteiger partial charge on any atom is -0.494 e. The van der Waals surface area contributed by atoms with Crippen LogP contribution in [0.5, 0.6) is 5.75 Å². The highest BCUT2D eigenvalue weighted by Crippen LogP contribution is 2.45. The highest BCUT2D eigenvalue weighted by atomic mass is 79.9. The molecule has 2 atom stereocenters. The fraction of sp³-hybridized carbons (Fsp3) is 0.257. The number of amides is 1. The summed E-state index contributed by atoms with van der Waals surface area (Å²) in [6.07, 6.45) is -0.199. The van der Waals surface area contributed by atoms with Gasteiger partial charge in [-0.25, -0.2) is 17.8 Å². The number of benzene rings is 4. The van der Waals surface area contributed by atoms with Gasteiger partial charge in [-0.15, -0.1) is 0 Å². The van der Waals surface area contributed by atoms with Crippen LogP contribution in [0.25, 0.3) is 0 Å². The molecule has 1 amide bonds. The molecule has 0 fully saturated rings. The normalized spacial score (nSPS) is 17.6. The van der Waals surface area contributed by atoms with Crippen LogP contribution in [0.4, 0.5) is 4.39 Å². The number of rotatable bonds is 14. The number of nitrogens with zero attached hydrogens (tertiary/aromatic N) is 1. The van der Waals surface area contributed by atoms with E-state index in [2.05, 4.69) is 21.2 Å². The highest BCUT2D eigenvalue weighted by Gasteiger charge is 2.54. The standard InChI is InChI=1S/C35H34BrFN2O6S/c36-31-10-5-4-9-30(31)32-35(20-24-46(42,43)29-7-2-1-3-8-29,34(41)38-21-19-25-11-15-27(37)16-12-25)39-33(45-32)26-13-17-28(18-14-26)44-23-6-22-40/h1-5,7-18,32,40H,6,19-24H2,(H,38,41)/t32-,35-/m1/s1. The van der Waals surface area contributed by atoms with Crippen molar-refractivity contribution in [2.24, 2.45) is 4.99 Å². The Morgan fingerprint density at radius 2 is 1.67 bits per heavy atom. The number of sulfone groups is 1. The van der Waals surface area contributed by atoms with E-state index in [-0.39, 0.29) is 41.9 Å². The third-order valence-electron chi connectivity index (χ3n) is 7.68. The molecule has 46 heavy (non-hydrogen) atoms. The van der Waals surface area contributed by atoms with Gasteiger partial charge in [0.05, 0.1) is 17.3 Å². The van der Waals surface area contributed by atoms with E-state index in [9.17, 15) is 17.6 Å². The van der Waals surface area contributed by atoms with Crippen LogP contribution in [-0.4, -0.2) is 56.4 Å². The van der Waals surface area contributed by atoms with Gasteiger partial charge >= 0.3 is 0 Å². The lowest BCUT2D eigenvalue weighted by Gasteiger charge is -2.31. The molecule has 1 aliphatic heterocycles. The predicted molar refractivity (Wildman–Crippen MR) is 177 cm³/mol. The maximum Gasteiger partial charge on any atom is 0.252 e. The Kier molecular flexibility index (Phi) is 10.9. The summed E-state index contributed by atoms with van der Waals surface area (Å²) >= 11 is 3.59. The zero-order valence-electron chi connectivity index (χ0n) is 24.9. The van der Waals surface area contributed by atoms with Gasteiger partial charge in [0.2, 0.25) is 5.90 Å². The molecule has 0 bridgehead atoms. The molecule has 0 aliphatic carbocycles. The Bertz CT molecular complexity index is 1770. The fourth-order valence-corrected chi connectivity index (χ4v) is 7.08. The SMILES string of the molecule is O=C(NCCc1ccc(F)cc1)[C@]1(CCS(=O)(=O)c2ccccc2)N=C(c2ccc(OCCCO)cc2)O[C@@H]1c1ccccc1Br. The number of ether oxygens (including phenoxy) is 2. The molecule has 4 aromatic carbocycles.